The zero-order valence-corrected chi connectivity index (χ0v) is 34.6. The SMILES string of the molecule is CC/C=C\CC1OC1C/C=C\C/C=C\C/C=C\C/C=C\CCC(=O)O[C@H](COC(=O)CCCCCC/C=C\C/C=C\C/C=C\CCCCC)COP(=O)(O)O. The van der Waals surface area contributed by atoms with E-state index in [0.717, 1.165) is 77.0 Å². The van der Waals surface area contributed by atoms with E-state index < -0.39 is 32.5 Å². The van der Waals surface area contributed by atoms with E-state index in [1.54, 1.807) is 0 Å². The van der Waals surface area contributed by atoms with Gasteiger partial charge in [0.05, 0.1) is 18.8 Å². The lowest BCUT2D eigenvalue weighted by Gasteiger charge is -2.18. The molecule has 0 aromatic heterocycles. The molecule has 1 saturated heterocycles. The Morgan fingerprint density at radius 3 is 1.62 bits per heavy atom. The summed E-state index contributed by atoms with van der Waals surface area (Å²) in [6.07, 6.45) is 51.8. The van der Waals surface area contributed by atoms with Crippen LogP contribution in [0.5, 0.6) is 0 Å². The highest BCUT2D eigenvalue weighted by molar-refractivity contribution is 7.46. The van der Waals surface area contributed by atoms with E-state index in [2.05, 4.69) is 103 Å². The number of phosphoric ester groups is 1. The Labute approximate surface area is 332 Å². The van der Waals surface area contributed by atoms with Crippen LogP contribution in [0.15, 0.2) is 97.2 Å². The van der Waals surface area contributed by atoms with Gasteiger partial charge in [-0.2, -0.15) is 0 Å². The van der Waals surface area contributed by atoms with Crippen molar-refractivity contribution in [3.05, 3.63) is 97.2 Å². The third-order valence-electron chi connectivity index (χ3n) is 8.50. The average molecular weight is 787 g/mol. The largest absolute Gasteiger partial charge is 0.469 e. The van der Waals surface area contributed by atoms with Crippen LogP contribution in [0, 0.1) is 0 Å². The fraction of sp³-hybridized carbons (Fsp3) is 0.600. The van der Waals surface area contributed by atoms with Crippen LogP contribution in [0.1, 0.15) is 142 Å². The number of carbonyl (C=O) groups is 2. The highest BCUT2D eigenvalue weighted by atomic mass is 31.2. The van der Waals surface area contributed by atoms with E-state index in [0.29, 0.717) is 25.0 Å². The normalized spacial score (nSPS) is 17.2. The molecule has 0 radical (unpaired) electrons. The molecule has 0 aliphatic carbocycles. The van der Waals surface area contributed by atoms with Crippen molar-refractivity contribution in [2.24, 2.45) is 0 Å². The molecule has 55 heavy (non-hydrogen) atoms. The predicted octanol–water partition coefficient (Wildman–Crippen LogP) is 11.6. The van der Waals surface area contributed by atoms with E-state index in [9.17, 15) is 14.2 Å². The molecule has 1 heterocycles. The lowest BCUT2D eigenvalue weighted by molar-refractivity contribution is -0.161. The van der Waals surface area contributed by atoms with Crippen LogP contribution in [0.25, 0.3) is 0 Å². The van der Waals surface area contributed by atoms with Gasteiger partial charge in [-0.15, -0.1) is 0 Å². The fourth-order valence-electron chi connectivity index (χ4n) is 5.33. The number of hydrogen-bond donors (Lipinski definition) is 2. The van der Waals surface area contributed by atoms with Crippen molar-refractivity contribution in [3.8, 4) is 0 Å². The Bertz CT molecular complexity index is 1270. The maximum atomic E-state index is 12.4. The molecule has 0 saturated carbocycles. The molecule has 0 amide bonds. The van der Waals surface area contributed by atoms with Gasteiger partial charge in [-0.25, -0.2) is 4.57 Å². The number of hydrogen-bond acceptors (Lipinski definition) is 7. The summed E-state index contributed by atoms with van der Waals surface area (Å²) in [6.45, 7) is 3.44. The Balaban J connectivity index is 2.15. The number of phosphoric acid groups is 1. The summed E-state index contributed by atoms with van der Waals surface area (Å²) in [5, 5.41) is 0. The highest BCUT2D eigenvalue weighted by Crippen LogP contribution is 2.36. The van der Waals surface area contributed by atoms with Crippen molar-refractivity contribution in [2.45, 2.75) is 161 Å². The van der Waals surface area contributed by atoms with Gasteiger partial charge in [0.2, 0.25) is 0 Å². The first-order valence-electron chi connectivity index (χ1n) is 20.7. The number of rotatable bonds is 35. The van der Waals surface area contributed by atoms with Crippen molar-refractivity contribution >= 4 is 19.8 Å². The Morgan fingerprint density at radius 2 is 1.07 bits per heavy atom. The van der Waals surface area contributed by atoms with Gasteiger partial charge in [0, 0.05) is 12.8 Å². The van der Waals surface area contributed by atoms with Crippen LogP contribution < -0.4 is 0 Å². The minimum absolute atomic E-state index is 0.0724. The third-order valence-corrected chi connectivity index (χ3v) is 8.99. The molecule has 0 aromatic carbocycles. The van der Waals surface area contributed by atoms with Gasteiger partial charge in [-0.05, 0) is 89.9 Å². The number of allylic oxidation sites excluding steroid dienone is 14. The molecule has 1 rings (SSSR count). The van der Waals surface area contributed by atoms with E-state index >= 15 is 0 Å². The van der Waals surface area contributed by atoms with Crippen molar-refractivity contribution in [3.63, 3.8) is 0 Å². The van der Waals surface area contributed by atoms with Crippen LogP contribution >= 0.6 is 7.82 Å². The fourth-order valence-corrected chi connectivity index (χ4v) is 5.69. The highest BCUT2D eigenvalue weighted by Gasteiger charge is 2.35. The molecule has 1 aliphatic rings. The van der Waals surface area contributed by atoms with Gasteiger partial charge in [0.1, 0.15) is 6.61 Å². The molecule has 0 aromatic rings. The lowest BCUT2D eigenvalue weighted by atomic mass is 10.1. The van der Waals surface area contributed by atoms with Gasteiger partial charge in [-0.1, -0.05) is 137 Å². The van der Waals surface area contributed by atoms with Gasteiger partial charge in [0.15, 0.2) is 6.10 Å². The topological polar surface area (TPSA) is 132 Å². The first kappa shape index (κ1) is 49.9. The van der Waals surface area contributed by atoms with Crippen LogP contribution in [-0.2, 0) is 32.9 Å². The second-order valence-electron chi connectivity index (χ2n) is 13.6. The summed E-state index contributed by atoms with van der Waals surface area (Å²) in [7, 11) is -4.79. The van der Waals surface area contributed by atoms with Gasteiger partial charge in [-0.3, -0.25) is 14.1 Å². The summed E-state index contributed by atoms with van der Waals surface area (Å²) < 4.78 is 31.9. The molecule has 10 heteroatoms. The average Bonchev–Trinajstić information content (AvgIpc) is 3.91. The van der Waals surface area contributed by atoms with Crippen molar-refractivity contribution in [1.29, 1.82) is 0 Å². The van der Waals surface area contributed by atoms with E-state index in [1.807, 2.05) is 12.2 Å². The third kappa shape index (κ3) is 35.1. The maximum Gasteiger partial charge on any atom is 0.469 e. The van der Waals surface area contributed by atoms with Crippen molar-refractivity contribution in [1.82, 2.24) is 0 Å². The smallest absolute Gasteiger partial charge is 0.462 e. The molecule has 1 fully saturated rings. The minimum atomic E-state index is -4.79. The van der Waals surface area contributed by atoms with Gasteiger partial charge in [0.25, 0.3) is 0 Å². The molecule has 9 nitrogen and oxygen atoms in total. The molecule has 0 spiro atoms. The summed E-state index contributed by atoms with van der Waals surface area (Å²) >= 11 is 0. The molecule has 310 valence electrons. The first-order chi connectivity index (χ1) is 26.7. The Morgan fingerprint density at radius 1 is 0.582 bits per heavy atom. The van der Waals surface area contributed by atoms with Crippen LogP contribution in [0.3, 0.4) is 0 Å². The van der Waals surface area contributed by atoms with E-state index in [4.69, 9.17) is 24.0 Å². The van der Waals surface area contributed by atoms with Crippen LogP contribution in [-0.4, -0.2) is 53.3 Å². The maximum absolute atomic E-state index is 12.4. The molecule has 0 bridgehead atoms. The van der Waals surface area contributed by atoms with Crippen molar-refractivity contribution in [2.75, 3.05) is 13.2 Å². The van der Waals surface area contributed by atoms with Crippen LogP contribution in [0.2, 0.25) is 0 Å². The van der Waals surface area contributed by atoms with Crippen molar-refractivity contribution < 1.29 is 42.7 Å². The standard InChI is InChI=1S/C45H71O9P/c1-3-5-7-8-9-10-11-12-13-14-15-16-20-23-26-29-33-37-44(46)51-39-41(40-52-55(48,49)50)53-45(47)38-34-30-27-24-21-18-17-19-22-25-28-32-36-43-42(54-43)35-31-6-4-2/h6,9-10,12-13,15-16,18-19,21-22,27-28,30-32,41-43H,3-5,7-8,11,14,17,20,23-26,29,33-40H2,1-2H3,(H2,48,49,50)/b10-9-,13-12-,16-15-,21-18-,22-19-,30-27-,31-6-,32-28-/t41-,42?,43?/m1/s1. The molecule has 3 atom stereocenters. The quantitative estimate of drug-likeness (QED) is 0.0212. The molecule has 2 N–H and O–H groups in total. The van der Waals surface area contributed by atoms with E-state index in [1.165, 1.54) is 25.7 Å². The van der Waals surface area contributed by atoms with E-state index in [-0.39, 0.29) is 19.4 Å². The minimum Gasteiger partial charge on any atom is -0.462 e. The first-order valence-corrected chi connectivity index (χ1v) is 22.2. The molecular formula is C45H71O9P. The zero-order valence-electron chi connectivity index (χ0n) is 33.7. The van der Waals surface area contributed by atoms with Gasteiger partial charge >= 0.3 is 19.8 Å². The monoisotopic (exact) mass is 786 g/mol. The summed E-state index contributed by atoms with van der Waals surface area (Å²) in [5.74, 6) is -1.02. The summed E-state index contributed by atoms with van der Waals surface area (Å²) in [5.41, 5.74) is 0. The predicted molar refractivity (Wildman–Crippen MR) is 224 cm³/mol. The number of unbranched alkanes of at least 4 members (excludes halogenated alkanes) is 7. The second kappa shape index (κ2) is 35.4. The number of ether oxygens (including phenoxy) is 3. The van der Waals surface area contributed by atoms with Gasteiger partial charge < -0.3 is 24.0 Å². The molecule has 1 aliphatic heterocycles. The number of epoxide rings is 1. The summed E-state index contributed by atoms with van der Waals surface area (Å²) in [6, 6.07) is 0. The number of carbonyl (C=O) groups excluding carboxylic acids is 2. The Hall–Kier alpha value is -3.07. The Kier molecular flexibility index (Phi) is 32.1. The molecule has 2 unspecified atom stereocenters. The molecular weight excluding hydrogens is 715 g/mol. The number of esters is 2. The lowest BCUT2D eigenvalue weighted by Crippen LogP contribution is -2.29. The zero-order chi connectivity index (χ0) is 40.1. The van der Waals surface area contributed by atoms with Crippen LogP contribution in [0.4, 0.5) is 0 Å². The summed E-state index contributed by atoms with van der Waals surface area (Å²) in [4.78, 5) is 42.8. The second-order valence-corrected chi connectivity index (χ2v) is 14.9.